The van der Waals surface area contributed by atoms with Crippen LogP contribution in [0.25, 0.3) is 0 Å². The Morgan fingerprint density at radius 3 is 2.34 bits per heavy atom. The Kier molecular flexibility index (Phi) is 4.45. The van der Waals surface area contributed by atoms with Crippen LogP contribution in [0.1, 0.15) is 92.9 Å². The minimum absolute atomic E-state index is 0.0615. The van der Waals surface area contributed by atoms with E-state index in [1.54, 1.807) is 0 Å². The van der Waals surface area contributed by atoms with E-state index >= 15 is 0 Å². The Morgan fingerprint density at radius 2 is 1.69 bits per heavy atom. The first-order valence-corrected chi connectivity index (χ1v) is 13.9. The lowest BCUT2D eigenvalue weighted by Gasteiger charge is -2.69. The second-order valence-corrected chi connectivity index (χ2v) is 15.2. The van der Waals surface area contributed by atoms with Gasteiger partial charge in [-0.05, 0) is 96.0 Å². The predicted octanol–water partition coefficient (Wildman–Crippen LogP) is 5.74. The van der Waals surface area contributed by atoms with Gasteiger partial charge >= 0.3 is 0 Å². The number of rotatable bonds is 1. The maximum absolute atomic E-state index is 14.3. The van der Waals surface area contributed by atoms with Crippen LogP contribution in [0, 0.1) is 61.1 Å². The third-order valence-electron chi connectivity index (χ3n) is 13.6. The summed E-state index contributed by atoms with van der Waals surface area (Å²) in [5, 5.41) is 31.6. The first-order chi connectivity index (χ1) is 16.2. The molecule has 0 heterocycles. The molecule has 4 unspecified atom stereocenters. The van der Waals surface area contributed by atoms with E-state index in [4.69, 9.17) is 0 Å². The second kappa shape index (κ2) is 6.51. The van der Waals surface area contributed by atoms with Crippen molar-refractivity contribution in [3.63, 3.8) is 0 Å². The lowest BCUT2D eigenvalue weighted by atomic mass is 9.34. The molecule has 0 saturated heterocycles. The van der Waals surface area contributed by atoms with E-state index in [0.717, 1.165) is 51.4 Å². The molecule has 2 N–H and O–H groups in total. The molecule has 35 heavy (non-hydrogen) atoms. The smallest absolute Gasteiger partial charge is 0.159 e. The van der Waals surface area contributed by atoms with Crippen LogP contribution in [0.15, 0.2) is 23.3 Å². The summed E-state index contributed by atoms with van der Waals surface area (Å²) in [5.41, 5.74) is 0.681. The van der Waals surface area contributed by atoms with Gasteiger partial charge in [0, 0.05) is 23.4 Å². The van der Waals surface area contributed by atoms with Crippen molar-refractivity contribution in [2.24, 2.45) is 49.7 Å². The number of nitriles is 1. The minimum Gasteiger partial charge on any atom is -0.396 e. The fourth-order valence-corrected chi connectivity index (χ4v) is 10.9. The summed E-state index contributed by atoms with van der Waals surface area (Å²) < 4.78 is 0. The summed E-state index contributed by atoms with van der Waals surface area (Å²) in [6.07, 6.45) is 11.4. The Hall–Kier alpha value is -1.44. The van der Waals surface area contributed by atoms with Crippen molar-refractivity contribution in [2.75, 3.05) is 6.61 Å². The molecule has 6 rings (SSSR count). The van der Waals surface area contributed by atoms with Crippen molar-refractivity contribution < 1.29 is 15.0 Å². The highest BCUT2D eigenvalue weighted by atomic mass is 16.3. The number of ketones is 1. The molecule has 1 spiro atoms. The summed E-state index contributed by atoms with van der Waals surface area (Å²) in [6, 6.07) is 2.31. The fraction of sp³-hybridized carbons (Fsp3) is 0.806. The van der Waals surface area contributed by atoms with Crippen molar-refractivity contribution >= 4 is 5.78 Å². The number of aliphatic hydroxyl groups excluding tert-OH is 2. The summed E-state index contributed by atoms with van der Waals surface area (Å²) in [7, 11) is 0. The van der Waals surface area contributed by atoms with E-state index in [9.17, 15) is 20.3 Å². The van der Waals surface area contributed by atoms with Crippen LogP contribution in [0.5, 0.6) is 0 Å². The average Bonchev–Trinajstić information content (AvgIpc) is 3.44. The summed E-state index contributed by atoms with van der Waals surface area (Å²) >= 11 is 0. The predicted molar refractivity (Wildman–Crippen MR) is 135 cm³/mol. The first kappa shape index (κ1) is 23.9. The maximum atomic E-state index is 14.3. The van der Waals surface area contributed by atoms with Gasteiger partial charge in [-0.1, -0.05) is 47.6 Å². The molecule has 4 nitrogen and oxygen atoms in total. The van der Waals surface area contributed by atoms with Crippen molar-refractivity contribution in [2.45, 2.75) is 99.0 Å². The van der Waals surface area contributed by atoms with Gasteiger partial charge in [-0.2, -0.15) is 5.26 Å². The molecule has 4 saturated carbocycles. The van der Waals surface area contributed by atoms with Gasteiger partial charge in [0.15, 0.2) is 5.78 Å². The van der Waals surface area contributed by atoms with Crippen LogP contribution < -0.4 is 0 Å². The summed E-state index contributed by atoms with van der Waals surface area (Å²) in [6.45, 7) is 14.0. The summed E-state index contributed by atoms with van der Waals surface area (Å²) in [5.74, 6) is 0.401. The molecule has 4 fully saturated rings. The zero-order chi connectivity index (χ0) is 25.4. The van der Waals surface area contributed by atoms with Gasteiger partial charge in [-0.3, -0.25) is 4.79 Å². The number of fused-ring (bicyclic) bond motifs is 6. The fourth-order valence-electron chi connectivity index (χ4n) is 10.9. The van der Waals surface area contributed by atoms with Crippen molar-refractivity contribution in [3.8, 4) is 6.07 Å². The Labute approximate surface area is 210 Å². The molecule has 0 radical (unpaired) electrons. The van der Waals surface area contributed by atoms with E-state index in [0.29, 0.717) is 5.57 Å². The van der Waals surface area contributed by atoms with E-state index < -0.39 is 6.10 Å². The Bertz CT molecular complexity index is 1130. The van der Waals surface area contributed by atoms with Crippen LogP contribution in [-0.2, 0) is 4.79 Å². The minimum atomic E-state index is -0.711. The van der Waals surface area contributed by atoms with E-state index in [-0.39, 0.29) is 62.1 Å². The number of aliphatic hydroxyl groups is 2. The molecule has 6 aliphatic carbocycles. The molecule has 0 aromatic rings. The standard InChI is InChI=1S/C31H43NO3/c1-25(2)7-10-30(18-33)11-8-27(4)23(20(30)15-25)21(34)13-22-26(27,3)9-12-31-17-29(31,6)24(35)19(16-32)14-28(22,31)5/h13-14,20,23-24,33,35H,7-12,15,17-18H2,1-6H3/t20?,23?,24?,26-,27-,28-,29?,30-,31+/m1/s1. The van der Waals surface area contributed by atoms with Crippen LogP contribution in [0.4, 0.5) is 0 Å². The molecular weight excluding hydrogens is 434 g/mol. The Balaban J connectivity index is 1.53. The summed E-state index contributed by atoms with van der Waals surface area (Å²) in [4.78, 5) is 14.3. The third kappa shape index (κ3) is 2.44. The molecule has 0 aromatic heterocycles. The number of carbonyl (C=O) groups excluding carboxylic acids is 1. The number of nitrogens with zero attached hydrogens (tertiary/aromatic N) is 1. The number of hydrogen-bond donors (Lipinski definition) is 2. The van der Waals surface area contributed by atoms with Crippen LogP contribution in [-0.4, -0.2) is 28.7 Å². The van der Waals surface area contributed by atoms with Crippen molar-refractivity contribution in [3.05, 3.63) is 23.3 Å². The second-order valence-electron chi connectivity index (χ2n) is 15.2. The van der Waals surface area contributed by atoms with Gasteiger partial charge in [0.2, 0.25) is 0 Å². The number of carbonyl (C=O) groups is 1. The molecule has 9 atom stereocenters. The van der Waals surface area contributed by atoms with Crippen molar-refractivity contribution in [1.82, 2.24) is 0 Å². The van der Waals surface area contributed by atoms with E-state index in [1.807, 2.05) is 6.08 Å². The highest BCUT2D eigenvalue weighted by molar-refractivity contribution is 5.95. The van der Waals surface area contributed by atoms with Crippen molar-refractivity contribution in [1.29, 1.82) is 5.26 Å². The highest BCUT2D eigenvalue weighted by Crippen LogP contribution is 2.86. The quantitative estimate of drug-likeness (QED) is 0.504. The molecular formula is C31H43NO3. The Morgan fingerprint density at radius 1 is 1.00 bits per heavy atom. The van der Waals surface area contributed by atoms with Crippen LogP contribution >= 0.6 is 0 Å². The topological polar surface area (TPSA) is 81.3 Å². The van der Waals surface area contributed by atoms with Crippen LogP contribution in [0.2, 0.25) is 0 Å². The first-order valence-electron chi connectivity index (χ1n) is 13.9. The van der Waals surface area contributed by atoms with Gasteiger partial charge in [0.25, 0.3) is 0 Å². The molecule has 0 amide bonds. The lowest BCUT2D eigenvalue weighted by Crippen LogP contribution is -2.64. The van der Waals surface area contributed by atoms with Gasteiger partial charge in [-0.25, -0.2) is 0 Å². The average molecular weight is 478 g/mol. The molecule has 6 aliphatic rings. The van der Waals surface area contributed by atoms with Crippen LogP contribution in [0.3, 0.4) is 0 Å². The lowest BCUT2D eigenvalue weighted by molar-refractivity contribution is -0.177. The number of hydrogen-bond acceptors (Lipinski definition) is 4. The number of allylic oxidation sites excluding steroid dienone is 3. The largest absolute Gasteiger partial charge is 0.396 e. The van der Waals surface area contributed by atoms with Gasteiger partial charge < -0.3 is 10.2 Å². The zero-order valence-electron chi connectivity index (χ0n) is 22.5. The molecule has 0 bridgehead atoms. The van der Waals surface area contributed by atoms with Gasteiger partial charge in [0.1, 0.15) is 0 Å². The SMILES string of the molecule is CC1(C)CC[C@]2(CO)CC[C@]3(C)C(C(=O)C=C4[C@@]5(C)C=C(C#N)C(O)C6(C)C[C@]65CC[C@]43C)C2C1. The molecule has 0 aromatic carbocycles. The van der Waals surface area contributed by atoms with E-state index in [1.165, 1.54) is 5.57 Å². The maximum Gasteiger partial charge on any atom is 0.159 e. The third-order valence-corrected chi connectivity index (χ3v) is 13.6. The normalized spacial score (nSPS) is 55.6. The monoisotopic (exact) mass is 477 g/mol. The van der Waals surface area contributed by atoms with Gasteiger partial charge in [0.05, 0.1) is 17.7 Å². The highest BCUT2D eigenvalue weighted by Gasteiger charge is 2.81. The van der Waals surface area contributed by atoms with Gasteiger partial charge in [-0.15, -0.1) is 0 Å². The molecule has 0 aliphatic heterocycles. The van der Waals surface area contributed by atoms with E-state index in [2.05, 4.69) is 53.7 Å². The molecule has 190 valence electrons. The zero-order valence-corrected chi connectivity index (χ0v) is 22.5. The molecule has 4 heteroatoms.